The van der Waals surface area contributed by atoms with E-state index in [0.717, 1.165) is 16.6 Å². The minimum atomic E-state index is -4.10. The van der Waals surface area contributed by atoms with E-state index in [1.54, 1.807) is 13.8 Å². The molecule has 0 atom stereocenters. The van der Waals surface area contributed by atoms with Crippen LogP contribution in [0.1, 0.15) is 21.1 Å². The van der Waals surface area contributed by atoms with Gasteiger partial charge in [0.2, 0.25) is 0 Å². The number of anilines is 2. The third-order valence-electron chi connectivity index (χ3n) is 5.07. The first-order chi connectivity index (χ1) is 17.0. The van der Waals surface area contributed by atoms with Crippen LogP contribution in [0.4, 0.5) is 24.5 Å². The molecule has 0 spiro atoms. The summed E-state index contributed by atoms with van der Waals surface area (Å²) in [6.45, 7) is 3.55. The topological polar surface area (TPSA) is 111 Å². The molecule has 0 radical (unpaired) electrons. The molecule has 2 heterocycles. The third-order valence-corrected chi connectivity index (χ3v) is 7.47. The minimum Gasteiger partial charge on any atom is -0.495 e. The van der Waals surface area contributed by atoms with Crippen LogP contribution in [0.5, 0.6) is 5.75 Å². The highest BCUT2D eigenvalue weighted by Crippen LogP contribution is 2.33. The first kappa shape index (κ1) is 25.3. The van der Waals surface area contributed by atoms with Gasteiger partial charge in [-0.05, 0) is 55.1 Å². The predicted octanol–water partition coefficient (Wildman–Crippen LogP) is 5.50. The Morgan fingerprint density at radius 2 is 1.81 bits per heavy atom. The van der Waals surface area contributed by atoms with E-state index in [1.807, 2.05) is 5.38 Å². The smallest absolute Gasteiger partial charge is 0.311 e. The number of hydrogen-bond donors (Lipinski definition) is 2. The molecule has 2 N–H and O–H groups in total. The molecule has 1 amide bonds. The van der Waals surface area contributed by atoms with Crippen molar-refractivity contribution in [2.24, 2.45) is 0 Å². The Kier molecular flexibility index (Phi) is 6.78. The quantitative estimate of drug-likeness (QED) is 0.301. The second kappa shape index (κ2) is 9.66. The van der Waals surface area contributed by atoms with Crippen LogP contribution >= 0.6 is 11.3 Å². The summed E-state index contributed by atoms with van der Waals surface area (Å²) >= 11 is 1.40. The fraction of sp³-hybridized carbons (Fsp3) is 0.130. The van der Waals surface area contributed by atoms with Gasteiger partial charge in [0.15, 0.2) is 23.2 Å². The van der Waals surface area contributed by atoms with Crippen LogP contribution in [0.25, 0.3) is 11.3 Å². The van der Waals surface area contributed by atoms with Crippen LogP contribution in [-0.2, 0) is 10.0 Å². The average Bonchev–Trinajstić information content (AvgIpc) is 3.45. The van der Waals surface area contributed by atoms with Crippen molar-refractivity contribution in [2.45, 2.75) is 18.7 Å². The highest BCUT2D eigenvalue weighted by molar-refractivity contribution is 7.92. The number of amides is 1. The van der Waals surface area contributed by atoms with Crippen molar-refractivity contribution < 1.29 is 35.5 Å². The first-order valence-electron chi connectivity index (χ1n) is 10.2. The van der Waals surface area contributed by atoms with Crippen LogP contribution < -0.4 is 14.8 Å². The summed E-state index contributed by atoms with van der Waals surface area (Å²) in [5.74, 6) is -5.97. The Hall–Kier alpha value is -3.84. The van der Waals surface area contributed by atoms with Gasteiger partial charge < -0.3 is 14.5 Å². The number of carbonyl (C=O) groups excluding carboxylic acids is 1. The first-order valence-corrected chi connectivity index (χ1v) is 12.5. The van der Waals surface area contributed by atoms with Gasteiger partial charge in [0.25, 0.3) is 15.9 Å². The van der Waals surface area contributed by atoms with Crippen molar-refractivity contribution in [2.75, 3.05) is 17.1 Å². The normalized spacial score (nSPS) is 11.4. The van der Waals surface area contributed by atoms with Gasteiger partial charge in [0, 0.05) is 16.1 Å². The molecule has 2 aromatic heterocycles. The number of thiophene rings is 1. The van der Waals surface area contributed by atoms with Crippen LogP contribution in [0.15, 0.2) is 51.2 Å². The van der Waals surface area contributed by atoms with E-state index < -0.39 is 39.3 Å². The largest absolute Gasteiger partial charge is 0.495 e. The lowest BCUT2D eigenvalue weighted by Gasteiger charge is -2.14. The van der Waals surface area contributed by atoms with Crippen molar-refractivity contribution in [3.63, 3.8) is 0 Å². The van der Waals surface area contributed by atoms with Gasteiger partial charge >= 0.3 is 5.91 Å². The third kappa shape index (κ3) is 4.93. The lowest BCUT2D eigenvalue weighted by atomic mass is 10.1. The molecule has 0 fully saturated rings. The summed E-state index contributed by atoms with van der Waals surface area (Å²) in [5.41, 5.74) is 1.13. The van der Waals surface area contributed by atoms with Crippen LogP contribution in [0, 0.1) is 31.3 Å². The Morgan fingerprint density at radius 3 is 2.42 bits per heavy atom. The summed E-state index contributed by atoms with van der Waals surface area (Å²) in [4.78, 5) is 17.0. The molecule has 2 aromatic carbocycles. The number of benzene rings is 2. The second-order valence-electron chi connectivity index (χ2n) is 7.56. The maximum atomic E-state index is 13.5. The number of oxazole rings is 1. The Labute approximate surface area is 207 Å². The fourth-order valence-electron chi connectivity index (χ4n) is 3.27. The van der Waals surface area contributed by atoms with Crippen molar-refractivity contribution in [1.82, 2.24) is 4.98 Å². The lowest BCUT2D eigenvalue weighted by Crippen LogP contribution is -2.16. The van der Waals surface area contributed by atoms with E-state index in [-0.39, 0.29) is 27.7 Å². The number of rotatable bonds is 7. The SMILES string of the molecule is COc1ccc(NC(=O)c2ncc(-c3cc(F)c(F)c(F)c3)o2)cc1S(=O)(=O)Nc1c(C)csc1C. The Morgan fingerprint density at radius 1 is 1.11 bits per heavy atom. The van der Waals surface area contributed by atoms with Crippen LogP contribution in [0.2, 0.25) is 0 Å². The fourth-order valence-corrected chi connectivity index (χ4v) is 5.53. The van der Waals surface area contributed by atoms with Gasteiger partial charge in [-0.25, -0.2) is 26.6 Å². The summed E-state index contributed by atoms with van der Waals surface area (Å²) < 4.78 is 79.5. The highest BCUT2D eigenvalue weighted by Gasteiger charge is 2.24. The second-order valence-corrected chi connectivity index (χ2v) is 10.3. The zero-order valence-electron chi connectivity index (χ0n) is 19.0. The highest BCUT2D eigenvalue weighted by atomic mass is 32.2. The lowest BCUT2D eigenvalue weighted by molar-refractivity contribution is 0.0991. The molecule has 36 heavy (non-hydrogen) atoms. The van der Waals surface area contributed by atoms with Crippen molar-refractivity contribution >= 4 is 38.6 Å². The number of nitrogens with one attached hydrogen (secondary N) is 2. The van der Waals surface area contributed by atoms with Gasteiger partial charge in [0.05, 0.1) is 19.0 Å². The Bertz CT molecular complexity index is 1540. The summed E-state index contributed by atoms with van der Waals surface area (Å²) in [6.07, 6.45) is 1.04. The number of ether oxygens (including phenoxy) is 1. The molecule has 0 aliphatic heterocycles. The average molecular weight is 538 g/mol. The molecule has 4 aromatic rings. The van der Waals surface area contributed by atoms with E-state index in [9.17, 15) is 26.4 Å². The van der Waals surface area contributed by atoms with E-state index in [0.29, 0.717) is 17.8 Å². The minimum absolute atomic E-state index is 0.0461. The van der Waals surface area contributed by atoms with Gasteiger partial charge in [-0.15, -0.1) is 11.3 Å². The maximum Gasteiger partial charge on any atom is 0.311 e. The van der Waals surface area contributed by atoms with E-state index >= 15 is 0 Å². The predicted molar refractivity (Wildman–Crippen MR) is 127 cm³/mol. The molecule has 8 nitrogen and oxygen atoms in total. The van der Waals surface area contributed by atoms with Gasteiger partial charge in [-0.3, -0.25) is 9.52 Å². The summed E-state index contributed by atoms with van der Waals surface area (Å²) in [7, 11) is -2.79. The molecule has 0 bridgehead atoms. The van der Waals surface area contributed by atoms with E-state index in [4.69, 9.17) is 9.15 Å². The number of aryl methyl sites for hydroxylation is 2. The molecule has 0 aliphatic carbocycles. The molecule has 0 aliphatic rings. The zero-order chi connectivity index (χ0) is 26.2. The maximum absolute atomic E-state index is 13.5. The van der Waals surface area contributed by atoms with Crippen molar-refractivity contribution in [3.05, 3.63) is 75.7 Å². The standard InChI is InChI=1S/C23H18F3N3O5S2/c1-11-10-35-12(2)21(11)29-36(31,32)19-8-14(4-5-17(19)33-3)28-22(30)23-27-9-18(34-23)13-6-15(24)20(26)16(25)7-13/h4-10,29H,1-3H3,(H,28,30). The molecule has 4 rings (SSSR count). The van der Waals surface area contributed by atoms with E-state index in [2.05, 4.69) is 15.0 Å². The molecule has 0 unspecified atom stereocenters. The number of aromatic nitrogens is 1. The molecule has 188 valence electrons. The number of nitrogens with zero attached hydrogens (tertiary/aromatic N) is 1. The number of sulfonamides is 1. The number of halogens is 3. The number of carbonyl (C=O) groups is 1. The van der Waals surface area contributed by atoms with Crippen LogP contribution in [0.3, 0.4) is 0 Å². The van der Waals surface area contributed by atoms with Gasteiger partial charge in [-0.2, -0.15) is 0 Å². The number of hydrogen-bond acceptors (Lipinski definition) is 7. The van der Waals surface area contributed by atoms with E-state index in [1.165, 1.54) is 36.6 Å². The zero-order valence-corrected chi connectivity index (χ0v) is 20.6. The van der Waals surface area contributed by atoms with Gasteiger partial charge in [0.1, 0.15) is 10.6 Å². The monoisotopic (exact) mass is 537 g/mol. The summed E-state index contributed by atoms with van der Waals surface area (Å²) in [6, 6.07) is 5.37. The summed E-state index contributed by atoms with van der Waals surface area (Å²) in [5, 5.41) is 4.27. The molecular formula is C23H18F3N3O5S2. The number of methoxy groups -OCH3 is 1. The van der Waals surface area contributed by atoms with Crippen molar-refractivity contribution in [1.29, 1.82) is 0 Å². The van der Waals surface area contributed by atoms with Crippen molar-refractivity contribution in [3.8, 4) is 17.1 Å². The molecule has 13 heteroatoms. The molecule has 0 saturated heterocycles. The van der Waals surface area contributed by atoms with Crippen LogP contribution in [-0.4, -0.2) is 26.4 Å². The Balaban J connectivity index is 1.59. The molecule has 0 saturated carbocycles. The van der Waals surface area contributed by atoms with Gasteiger partial charge in [-0.1, -0.05) is 0 Å². The molecular weight excluding hydrogens is 519 g/mol.